The molecule has 2 heterocycles. The van der Waals surface area contributed by atoms with Gasteiger partial charge in [-0.05, 0) is 37.8 Å². The summed E-state index contributed by atoms with van der Waals surface area (Å²) in [6, 6.07) is 9.86. The van der Waals surface area contributed by atoms with E-state index >= 15 is 0 Å². The van der Waals surface area contributed by atoms with E-state index in [1.807, 2.05) is 30.3 Å². The summed E-state index contributed by atoms with van der Waals surface area (Å²) in [6.07, 6.45) is 2.09. The topological polar surface area (TPSA) is 72.9 Å². The lowest BCUT2D eigenvalue weighted by Gasteiger charge is -2.26. The highest BCUT2D eigenvalue weighted by atomic mass is 16.6. The second-order valence-corrected chi connectivity index (χ2v) is 7.16. The predicted octanol–water partition coefficient (Wildman–Crippen LogP) is 1.80. The van der Waals surface area contributed by atoms with Crippen LogP contribution in [-0.4, -0.2) is 61.4 Å². The molecule has 0 aromatic heterocycles. The van der Waals surface area contributed by atoms with Crippen molar-refractivity contribution in [2.45, 2.75) is 38.2 Å². The van der Waals surface area contributed by atoms with E-state index in [0.29, 0.717) is 12.8 Å². The van der Waals surface area contributed by atoms with Crippen LogP contribution in [0.25, 0.3) is 0 Å². The Morgan fingerprint density at radius 1 is 1.07 bits per heavy atom. The highest BCUT2D eigenvalue weighted by Gasteiger charge is 2.46. The lowest BCUT2D eigenvalue weighted by atomic mass is 9.93. The zero-order chi connectivity index (χ0) is 19.1. The first-order valence-electron chi connectivity index (χ1n) is 9.76. The maximum Gasteiger partial charge on any atom is 0.325 e. The number of hydrogen-bond donors (Lipinski definition) is 0. The molecule has 0 aliphatic carbocycles. The fourth-order valence-corrected chi connectivity index (χ4v) is 3.64. The summed E-state index contributed by atoms with van der Waals surface area (Å²) in [5.41, 5.74) is 1.15. The first-order chi connectivity index (χ1) is 13.1. The van der Waals surface area contributed by atoms with Crippen molar-refractivity contribution in [3.05, 3.63) is 35.9 Å². The fourth-order valence-electron chi connectivity index (χ4n) is 3.64. The van der Waals surface area contributed by atoms with Crippen molar-refractivity contribution >= 4 is 17.5 Å². The lowest BCUT2D eigenvalue weighted by molar-refractivity contribution is -0.147. The number of aryl methyl sites for hydroxylation is 1. The van der Waals surface area contributed by atoms with Crippen LogP contribution >= 0.6 is 0 Å². The Labute approximate surface area is 159 Å². The van der Waals surface area contributed by atoms with Crippen molar-refractivity contribution < 1.29 is 23.9 Å². The van der Waals surface area contributed by atoms with Gasteiger partial charge in [-0.25, -0.2) is 0 Å². The highest BCUT2D eigenvalue weighted by molar-refractivity contribution is 6.21. The van der Waals surface area contributed by atoms with Gasteiger partial charge in [-0.3, -0.25) is 19.3 Å². The number of Topliss-reactive ketones (excluding diaryl/α,β-unsaturated/α-hetero) is 2. The van der Waals surface area contributed by atoms with Crippen molar-refractivity contribution in [3.63, 3.8) is 0 Å². The van der Waals surface area contributed by atoms with Crippen molar-refractivity contribution in [3.8, 4) is 0 Å². The second kappa shape index (κ2) is 9.76. The first kappa shape index (κ1) is 19.7. The Morgan fingerprint density at radius 3 is 2.56 bits per heavy atom. The number of benzene rings is 1. The summed E-state index contributed by atoms with van der Waals surface area (Å²) in [4.78, 5) is 39.2. The van der Waals surface area contributed by atoms with Gasteiger partial charge in [-0.1, -0.05) is 30.3 Å². The second-order valence-electron chi connectivity index (χ2n) is 7.16. The van der Waals surface area contributed by atoms with Crippen LogP contribution in [0.1, 0.15) is 31.2 Å². The number of cyclic esters (lactones) is 1. The molecule has 2 unspecified atom stereocenters. The standard InChI is InChI=1S/C21H27NO5/c23-17(9-4-8-16-6-2-1-3-7-16)19-20(24)18(27-21(19)25)10-5-11-22-12-14-26-15-13-22/h1-3,6-7,18-19H,4-5,8-15H2. The van der Waals surface area contributed by atoms with Crippen LogP contribution in [0.15, 0.2) is 30.3 Å². The molecule has 2 aliphatic rings. The van der Waals surface area contributed by atoms with E-state index in [1.165, 1.54) is 0 Å². The summed E-state index contributed by atoms with van der Waals surface area (Å²) in [6.45, 7) is 4.09. The Balaban J connectivity index is 1.41. The third-order valence-corrected chi connectivity index (χ3v) is 5.19. The smallest absolute Gasteiger partial charge is 0.325 e. The normalized spacial score (nSPS) is 23.4. The number of carbonyl (C=O) groups is 3. The molecule has 0 N–H and O–H groups in total. The Kier molecular flexibility index (Phi) is 7.12. The molecule has 0 saturated carbocycles. The molecule has 6 nitrogen and oxygen atoms in total. The van der Waals surface area contributed by atoms with Gasteiger partial charge in [0.15, 0.2) is 23.6 Å². The van der Waals surface area contributed by atoms with E-state index in [4.69, 9.17) is 9.47 Å². The van der Waals surface area contributed by atoms with E-state index in [0.717, 1.165) is 51.3 Å². The molecular formula is C21H27NO5. The number of rotatable bonds is 9. The van der Waals surface area contributed by atoms with E-state index in [2.05, 4.69) is 4.90 Å². The number of ether oxygens (including phenoxy) is 2. The minimum absolute atomic E-state index is 0.223. The summed E-state index contributed by atoms with van der Waals surface area (Å²) >= 11 is 0. The number of esters is 1. The van der Waals surface area contributed by atoms with Crippen LogP contribution in [-0.2, 0) is 30.3 Å². The monoisotopic (exact) mass is 373 g/mol. The Morgan fingerprint density at radius 2 is 1.81 bits per heavy atom. The van der Waals surface area contributed by atoms with Crippen molar-refractivity contribution in [2.75, 3.05) is 32.8 Å². The van der Waals surface area contributed by atoms with Gasteiger partial charge < -0.3 is 9.47 Å². The van der Waals surface area contributed by atoms with Crippen molar-refractivity contribution in [1.82, 2.24) is 4.90 Å². The molecule has 0 amide bonds. The van der Waals surface area contributed by atoms with Gasteiger partial charge in [-0.15, -0.1) is 0 Å². The summed E-state index contributed by atoms with van der Waals surface area (Å²) in [5.74, 6) is -2.54. The van der Waals surface area contributed by atoms with Crippen LogP contribution < -0.4 is 0 Å². The van der Waals surface area contributed by atoms with E-state index in [9.17, 15) is 14.4 Å². The van der Waals surface area contributed by atoms with E-state index < -0.39 is 18.0 Å². The molecule has 146 valence electrons. The molecule has 1 aromatic rings. The Bertz CT molecular complexity index is 654. The molecule has 6 heteroatoms. The molecule has 1 aromatic carbocycles. The minimum Gasteiger partial charge on any atom is -0.453 e. The maximum absolute atomic E-state index is 12.5. The van der Waals surface area contributed by atoms with Crippen molar-refractivity contribution in [2.24, 2.45) is 5.92 Å². The van der Waals surface area contributed by atoms with Gasteiger partial charge >= 0.3 is 5.97 Å². The molecule has 27 heavy (non-hydrogen) atoms. The molecule has 0 spiro atoms. The van der Waals surface area contributed by atoms with Crippen LogP contribution in [0.5, 0.6) is 0 Å². The number of nitrogens with zero attached hydrogens (tertiary/aromatic N) is 1. The van der Waals surface area contributed by atoms with Gasteiger partial charge in [0.05, 0.1) is 13.2 Å². The third-order valence-electron chi connectivity index (χ3n) is 5.19. The number of ketones is 2. The molecule has 0 radical (unpaired) electrons. The first-order valence-corrected chi connectivity index (χ1v) is 9.76. The predicted molar refractivity (Wildman–Crippen MR) is 99.3 cm³/mol. The van der Waals surface area contributed by atoms with Crippen molar-refractivity contribution in [1.29, 1.82) is 0 Å². The quantitative estimate of drug-likeness (QED) is 0.485. The average molecular weight is 373 g/mol. The molecule has 2 saturated heterocycles. The lowest BCUT2D eigenvalue weighted by Crippen LogP contribution is -2.37. The fraction of sp³-hybridized carbons (Fsp3) is 0.571. The molecule has 2 atom stereocenters. The van der Waals surface area contributed by atoms with Crippen LogP contribution in [0.2, 0.25) is 0 Å². The number of morpholine rings is 1. The zero-order valence-corrected chi connectivity index (χ0v) is 15.6. The van der Waals surface area contributed by atoms with E-state index in [-0.39, 0.29) is 18.0 Å². The number of carbonyl (C=O) groups excluding carboxylic acids is 3. The minimum atomic E-state index is -1.21. The van der Waals surface area contributed by atoms with Gasteiger partial charge in [-0.2, -0.15) is 0 Å². The molecule has 2 aliphatic heterocycles. The van der Waals surface area contributed by atoms with Crippen LogP contribution in [0.3, 0.4) is 0 Å². The zero-order valence-electron chi connectivity index (χ0n) is 15.6. The maximum atomic E-state index is 12.5. The van der Waals surface area contributed by atoms with Gasteiger partial charge in [0, 0.05) is 19.5 Å². The highest BCUT2D eigenvalue weighted by Crippen LogP contribution is 2.24. The largest absolute Gasteiger partial charge is 0.453 e. The van der Waals surface area contributed by atoms with Crippen LogP contribution in [0, 0.1) is 5.92 Å². The van der Waals surface area contributed by atoms with E-state index in [1.54, 1.807) is 0 Å². The van der Waals surface area contributed by atoms with Gasteiger partial charge in [0.25, 0.3) is 0 Å². The summed E-state index contributed by atoms with van der Waals surface area (Å²) in [5, 5.41) is 0. The Hall–Kier alpha value is -2.05. The number of hydrogen-bond acceptors (Lipinski definition) is 6. The average Bonchev–Trinajstić information content (AvgIpc) is 2.97. The summed E-state index contributed by atoms with van der Waals surface area (Å²) in [7, 11) is 0. The summed E-state index contributed by atoms with van der Waals surface area (Å²) < 4.78 is 10.5. The van der Waals surface area contributed by atoms with Gasteiger partial charge in [0.2, 0.25) is 0 Å². The molecule has 3 rings (SSSR count). The molecule has 0 bridgehead atoms. The van der Waals surface area contributed by atoms with Crippen LogP contribution in [0.4, 0.5) is 0 Å². The third kappa shape index (κ3) is 5.47. The molecular weight excluding hydrogens is 346 g/mol. The molecule has 2 fully saturated rings. The SMILES string of the molecule is O=C(CCCc1ccccc1)C1C(=O)OC(CCCN2CCOCC2)C1=O. The van der Waals surface area contributed by atoms with Gasteiger partial charge in [0.1, 0.15) is 0 Å².